The van der Waals surface area contributed by atoms with Gasteiger partial charge in [0, 0.05) is 18.0 Å². The summed E-state index contributed by atoms with van der Waals surface area (Å²) in [6.07, 6.45) is 3.00. The summed E-state index contributed by atoms with van der Waals surface area (Å²) in [6, 6.07) is 3.27. The maximum absolute atomic E-state index is 12.1. The van der Waals surface area contributed by atoms with Crippen molar-refractivity contribution in [2.24, 2.45) is 5.41 Å². The maximum atomic E-state index is 12.1. The van der Waals surface area contributed by atoms with E-state index in [1.165, 1.54) is 13.3 Å². The van der Waals surface area contributed by atoms with E-state index < -0.39 is 11.4 Å². The van der Waals surface area contributed by atoms with Crippen molar-refractivity contribution in [1.82, 2.24) is 4.98 Å². The summed E-state index contributed by atoms with van der Waals surface area (Å²) in [4.78, 5) is 27.6. The predicted octanol–water partition coefficient (Wildman–Crippen LogP) is 0.454. The van der Waals surface area contributed by atoms with Gasteiger partial charge in [0.25, 0.3) is 0 Å². The number of ketones is 1. The van der Waals surface area contributed by atoms with E-state index in [4.69, 9.17) is 4.74 Å². The van der Waals surface area contributed by atoms with Gasteiger partial charge in [-0.2, -0.15) is 0 Å². The number of aromatic nitrogens is 1. The largest absolute Gasteiger partial charge is 0.468 e. The van der Waals surface area contributed by atoms with E-state index >= 15 is 0 Å². The normalized spacial score (nSPS) is 17.3. The molecule has 0 atom stereocenters. The Kier molecular flexibility index (Phi) is 2.70. The van der Waals surface area contributed by atoms with E-state index in [1.807, 2.05) is 0 Å². The molecule has 1 saturated heterocycles. The molecule has 0 aliphatic carbocycles. The van der Waals surface area contributed by atoms with Crippen LogP contribution in [0.5, 0.6) is 0 Å². The van der Waals surface area contributed by atoms with Gasteiger partial charge in [-0.15, -0.1) is 0 Å². The number of hydrogen-bond acceptors (Lipinski definition) is 5. The fraction of sp³-hybridized carbons (Fsp3) is 0.364. The van der Waals surface area contributed by atoms with Crippen LogP contribution < -0.4 is 0 Å². The highest BCUT2D eigenvalue weighted by atomic mass is 16.5. The molecular formula is C11H11NO4. The Bertz CT molecular complexity index is 411. The number of rotatable bonds is 3. The summed E-state index contributed by atoms with van der Waals surface area (Å²) in [5.41, 5.74) is -0.770. The van der Waals surface area contributed by atoms with Crippen molar-refractivity contribution < 1.29 is 19.1 Å². The minimum atomic E-state index is -1.17. The molecule has 0 bridgehead atoms. The average molecular weight is 221 g/mol. The zero-order chi connectivity index (χ0) is 11.6. The molecule has 1 aromatic heterocycles. The summed E-state index contributed by atoms with van der Waals surface area (Å²) >= 11 is 0. The summed E-state index contributed by atoms with van der Waals surface area (Å²) in [5, 5.41) is 0. The third-order valence-corrected chi connectivity index (χ3v) is 2.63. The van der Waals surface area contributed by atoms with Gasteiger partial charge in [-0.25, -0.2) is 0 Å². The van der Waals surface area contributed by atoms with Crippen LogP contribution in [0.25, 0.3) is 0 Å². The molecule has 5 heteroatoms. The quantitative estimate of drug-likeness (QED) is 0.421. The third-order valence-electron chi connectivity index (χ3n) is 2.63. The molecule has 0 unspecified atom stereocenters. The molecule has 5 nitrogen and oxygen atoms in total. The zero-order valence-electron chi connectivity index (χ0n) is 8.80. The number of Topliss-reactive ketones (excluding diaryl/α,β-unsaturated/α-hetero) is 1. The summed E-state index contributed by atoms with van der Waals surface area (Å²) in [5.74, 6) is -0.841. The lowest BCUT2D eigenvalue weighted by Crippen LogP contribution is -2.55. The van der Waals surface area contributed by atoms with E-state index in [2.05, 4.69) is 9.72 Å². The standard InChI is InChI=1S/C11H11NO4/c1-15-10(14)11(6-16-7-11)9(13)8-3-2-4-12-5-8/h2-5H,6-7H2,1H3. The van der Waals surface area contributed by atoms with Crippen LogP contribution in [0, 0.1) is 5.41 Å². The monoisotopic (exact) mass is 221 g/mol. The molecule has 16 heavy (non-hydrogen) atoms. The number of pyridine rings is 1. The van der Waals surface area contributed by atoms with Crippen LogP contribution in [-0.2, 0) is 14.3 Å². The second kappa shape index (κ2) is 4.02. The van der Waals surface area contributed by atoms with Gasteiger partial charge in [0.05, 0.1) is 20.3 Å². The number of ether oxygens (including phenoxy) is 2. The number of methoxy groups -OCH3 is 1. The number of nitrogens with zero attached hydrogens (tertiary/aromatic N) is 1. The molecular weight excluding hydrogens is 210 g/mol. The topological polar surface area (TPSA) is 65.5 Å². The lowest BCUT2D eigenvalue weighted by atomic mass is 9.79. The molecule has 0 N–H and O–H groups in total. The highest BCUT2D eigenvalue weighted by molar-refractivity contribution is 6.13. The van der Waals surface area contributed by atoms with Crippen molar-refractivity contribution in [3.8, 4) is 0 Å². The first-order valence-electron chi connectivity index (χ1n) is 4.82. The molecule has 2 rings (SSSR count). The van der Waals surface area contributed by atoms with Crippen LogP contribution in [0.3, 0.4) is 0 Å². The Morgan fingerprint density at radius 2 is 2.25 bits per heavy atom. The summed E-state index contributed by atoms with van der Waals surface area (Å²) in [7, 11) is 1.26. The fourth-order valence-corrected chi connectivity index (χ4v) is 1.62. The highest BCUT2D eigenvalue weighted by Gasteiger charge is 2.53. The molecule has 0 radical (unpaired) electrons. The van der Waals surface area contributed by atoms with Crippen molar-refractivity contribution in [2.75, 3.05) is 20.3 Å². The Hall–Kier alpha value is -1.75. The van der Waals surface area contributed by atoms with Crippen LogP contribution in [0.1, 0.15) is 10.4 Å². The van der Waals surface area contributed by atoms with Gasteiger partial charge in [0.2, 0.25) is 0 Å². The number of carbonyl (C=O) groups excluding carboxylic acids is 2. The van der Waals surface area contributed by atoms with E-state index in [0.29, 0.717) is 5.56 Å². The molecule has 2 heterocycles. The third kappa shape index (κ3) is 1.49. The molecule has 1 aliphatic heterocycles. The Labute approximate surface area is 92.4 Å². The first-order chi connectivity index (χ1) is 7.70. The zero-order valence-corrected chi connectivity index (χ0v) is 8.80. The van der Waals surface area contributed by atoms with E-state index in [0.717, 1.165) is 0 Å². The molecule has 0 amide bonds. The van der Waals surface area contributed by atoms with Crippen LogP contribution in [-0.4, -0.2) is 37.1 Å². The number of carbonyl (C=O) groups is 2. The molecule has 1 fully saturated rings. The van der Waals surface area contributed by atoms with Gasteiger partial charge in [0.15, 0.2) is 11.2 Å². The van der Waals surface area contributed by atoms with Crippen LogP contribution in [0.15, 0.2) is 24.5 Å². The van der Waals surface area contributed by atoms with Crippen molar-refractivity contribution in [1.29, 1.82) is 0 Å². The van der Waals surface area contributed by atoms with Crippen molar-refractivity contribution >= 4 is 11.8 Å². The van der Waals surface area contributed by atoms with Crippen molar-refractivity contribution in [3.63, 3.8) is 0 Å². The second-order valence-corrected chi connectivity index (χ2v) is 3.64. The van der Waals surface area contributed by atoms with Crippen LogP contribution >= 0.6 is 0 Å². The van der Waals surface area contributed by atoms with Crippen LogP contribution in [0.2, 0.25) is 0 Å². The van der Waals surface area contributed by atoms with Crippen molar-refractivity contribution in [3.05, 3.63) is 30.1 Å². The van der Waals surface area contributed by atoms with E-state index in [1.54, 1.807) is 18.3 Å². The first kappa shape index (κ1) is 10.8. The molecule has 0 aromatic carbocycles. The lowest BCUT2D eigenvalue weighted by molar-refractivity contribution is -0.172. The van der Waals surface area contributed by atoms with Gasteiger partial charge in [-0.3, -0.25) is 14.6 Å². The lowest BCUT2D eigenvalue weighted by Gasteiger charge is -2.36. The Morgan fingerprint density at radius 3 is 2.69 bits per heavy atom. The first-order valence-corrected chi connectivity index (χ1v) is 4.82. The number of hydrogen-bond donors (Lipinski definition) is 0. The molecule has 1 aliphatic rings. The number of esters is 1. The van der Waals surface area contributed by atoms with E-state index in [-0.39, 0.29) is 19.0 Å². The minimum Gasteiger partial charge on any atom is -0.468 e. The van der Waals surface area contributed by atoms with Gasteiger partial charge in [-0.05, 0) is 12.1 Å². The smallest absolute Gasteiger partial charge is 0.324 e. The van der Waals surface area contributed by atoms with Gasteiger partial charge < -0.3 is 9.47 Å². The highest BCUT2D eigenvalue weighted by Crippen LogP contribution is 2.32. The SMILES string of the molecule is COC(=O)C1(C(=O)c2cccnc2)COC1. The van der Waals surface area contributed by atoms with Gasteiger partial charge >= 0.3 is 5.97 Å². The fourth-order valence-electron chi connectivity index (χ4n) is 1.62. The Morgan fingerprint density at radius 1 is 1.50 bits per heavy atom. The predicted molar refractivity (Wildman–Crippen MR) is 53.8 cm³/mol. The average Bonchev–Trinajstić information content (AvgIpc) is 2.28. The molecule has 1 aromatic rings. The van der Waals surface area contributed by atoms with Crippen LogP contribution in [0.4, 0.5) is 0 Å². The summed E-state index contributed by atoms with van der Waals surface area (Å²) in [6.45, 7) is 0.154. The van der Waals surface area contributed by atoms with E-state index in [9.17, 15) is 9.59 Å². The Balaban J connectivity index is 2.30. The molecule has 0 saturated carbocycles. The van der Waals surface area contributed by atoms with Crippen molar-refractivity contribution in [2.45, 2.75) is 0 Å². The molecule has 84 valence electrons. The molecule has 0 spiro atoms. The summed E-state index contributed by atoms with van der Waals surface area (Å²) < 4.78 is 9.60. The van der Waals surface area contributed by atoms with Gasteiger partial charge in [0.1, 0.15) is 0 Å². The second-order valence-electron chi connectivity index (χ2n) is 3.64. The van der Waals surface area contributed by atoms with Gasteiger partial charge in [-0.1, -0.05) is 0 Å². The minimum absolute atomic E-state index is 0.0768. The maximum Gasteiger partial charge on any atom is 0.324 e.